The zero-order valence-corrected chi connectivity index (χ0v) is 51.7. The first-order chi connectivity index (χ1) is 46.4. The second-order valence-corrected chi connectivity index (χ2v) is 27.7. The van der Waals surface area contributed by atoms with Crippen molar-refractivity contribution in [3.63, 3.8) is 0 Å². The highest BCUT2D eigenvalue weighted by molar-refractivity contribution is 6.29. The van der Waals surface area contributed by atoms with Gasteiger partial charge in [0.15, 0.2) is 0 Å². The van der Waals surface area contributed by atoms with Gasteiger partial charge in [-0.25, -0.2) is 0 Å². The van der Waals surface area contributed by atoms with Crippen molar-refractivity contribution < 1.29 is 0 Å². The van der Waals surface area contributed by atoms with Crippen LogP contribution in [0.3, 0.4) is 0 Å². The van der Waals surface area contributed by atoms with E-state index >= 15 is 0 Å². The van der Waals surface area contributed by atoms with E-state index in [1.807, 2.05) is 0 Å². The van der Waals surface area contributed by atoms with Gasteiger partial charge < -0.3 is 8.80 Å². The monoisotopic (exact) mass is 1190 g/mol. The molecule has 3 aliphatic rings. The summed E-state index contributed by atoms with van der Waals surface area (Å²) in [5, 5.41) is 20.4. The van der Waals surface area contributed by atoms with Crippen LogP contribution in [0.5, 0.6) is 0 Å². The van der Waals surface area contributed by atoms with Crippen LogP contribution in [-0.2, 0) is 17.3 Å². The Balaban J connectivity index is 0.708. The average Bonchev–Trinajstić information content (AvgIpc) is 1.55. The minimum Gasteiger partial charge on any atom is -0.308 e. The van der Waals surface area contributed by atoms with E-state index < -0.39 is 0 Å². The fraction of sp³-hybridized carbons (Fsp3) is 0.0652. The Kier molecular flexibility index (Phi) is 9.97. The van der Waals surface area contributed by atoms with Crippen LogP contribution in [0, 0.1) is 5.92 Å². The van der Waals surface area contributed by atoms with E-state index in [4.69, 9.17) is 0 Å². The number of rotatable bonds is 6. The van der Waals surface area contributed by atoms with Crippen molar-refractivity contribution in [2.45, 2.75) is 30.1 Å². The summed E-state index contributed by atoms with van der Waals surface area (Å²) in [6.07, 6.45) is 10.3. The van der Waals surface area contributed by atoms with Crippen molar-refractivity contribution in [2.75, 3.05) is 0 Å². The van der Waals surface area contributed by atoms with Gasteiger partial charge in [-0.2, -0.15) is 0 Å². The molecule has 0 radical (unpaired) electrons. The minimum atomic E-state index is -0.374. The normalized spacial score (nSPS) is 17.3. The molecule has 0 spiro atoms. The highest BCUT2D eigenvalue weighted by Gasteiger charge is 2.53. The van der Waals surface area contributed by atoms with Crippen molar-refractivity contribution in [2.24, 2.45) is 5.92 Å². The quantitative estimate of drug-likeness (QED) is 0.157. The Morgan fingerprint density at radius 3 is 1.34 bits per heavy atom. The Bertz CT molecular complexity index is 6430. The SMILES string of the molecule is CC1(Cc2ccc3cc4c5cc(-c6ccc7c(c6)C(c6ccccc6)(c6ccccc6)C6C=CC=CC76)cc6c7cc8ccccc8cc7n(c4cc3c2)c65)c2ccccc2-c2c(-c3cc4c5cc6ccccc6cc5n5c6cc7ccccc7cc6c(c3)c45)cccc21. The van der Waals surface area contributed by atoms with E-state index in [1.165, 1.54) is 192 Å². The molecule has 0 aliphatic heterocycles. The molecule has 436 valence electrons. The summed E-state index contributed by atoms with van der Waals surface area (Å²) < 4.78 is 5.14. The molecule has 15 aromatic carbocycles. The summed E-state index contributed by atoms with van der Waals surface area (Å²) in [7, 11) is 0. The van der Waals surface area contributed by atoms with Crippen LogP contribution in [0.1, 0.15) is 51.8 Å². The molecule has 4 heterocycles. The van der Waals surface area contributed by atoms with Crippen LogP contribution in [0.25, 0.3) is 153 Å². The van der Waals surface area contributed by atoms with Crippen molar-refractivity contribution in [3.05, 3.63) is 348 Å². The predicted octanol–water partition coefficient (Wildman–Crippen LogP) is 23.6. The highest BCUT2D eigenvalue weighted by Crippen LogP contribution is 2.61. The molecule has 0 saturated heterocycles. The lowest BCUT2D eigenvalue weighted by Crippen LogP contribution is -2.35. The maximum Gasteiger partial charge on any atom is 0.0620 e. The van der Waals surface area contributed by atoms with Gasteiger partial charge >= 0.3 is 0 Å². The molecule has 3 unspecified atom stereocenters. The van der Waals surface area contributed by atoms with Crippen molar-refractivity contribution >= 4 is 119 Å². The fourth-order valence-electron chi connectivity index (χ4n) is 19.0. The Morgan fingerprint density at radius 1 is 0.319 bits per heavy atom. The number of fused-ring (bicyclic) bond motifs is 22. The molecule has 22 rings (SSSR count). The first-order valence-corrected chi connectivity index (χ1v) is 33.4. The Morgan fingerprint density at radius 2 is 0.777 bits per heavy atom. The van der Waals surface area contributed by atoms with Crippen LogP contribution < -0.4 is 0 Å². The predicted molar refractivity (Wildman–Crippen MR) is 396 cm³/mol. The van der Waals surface area contributed by atoms with Gasteiger partial charge in [0.05, 0.1) is 38.5 Å². The number of allylic oxidation sites excluding steroid dienone is 4. The smallest absolute Gasteiger partial charge is 0.0620 e. The molecule has 0 bridgehead atoms. The van der Waals surface area contributed by atoms with Crippen LogP contribution in [0.4, 0.5) is 0 Å². The molecule has 4 aromatic heterocycles. The van der Waals surface area contributed by atoms with Gasteiger partial charge in [0.1, 0.15) is 0 Å². The third-order valence-electron chi connectivity index (χ3n) is 23.0. The van der Waals surface area contributed by atoms with Crippen molar-refractivity contribution in [1.29, 1.82) is 0 Å². The van der Waals surface area contributed by atoms with Gasteiger partial charge in [-0.05, 0) is 201 Å². The van der Waals surface area contributed by atoms with E-state index in [1.54, 1.807) is 0 Å². The number of hydrogen-bond donors (Lipinski definition) is 0. The number of hydrogen-bond acceptors (Lipinski definition) is 0. The molecule has 3 atom stereocenters. The van der Waals surface area contributed by atoms with E-state index in [2.05, 4.69) is 325 Å². The van der Waals surface area contributed by atoms with Gasteiger partial charge in [-0.1, -0.05) is 237 Å². The maximum absolute atomic E-state index is 2.59. The summed E-state index contributed by atoms with van der Waals surface area (Å²) >= 11 is 0. The molecule has 0 amide bonds. The van der Waals surface area contributed by atoms with Crippen LogP contribution in [0.2, 0.25) is 0 Å². The molecule has 3 aliphatic carbocycles. The average molecular weight is 1190 g/mol. The molecule has 0 N–H and O–H groups in total. The summed E-state index contributed by atoms with van der Waals surface area (Å²) in [6.45, 7) is 2.50. The lowest BCUT2D eigenvalue weighted by molar-refractivity contribution is 0.457. The van der Waals surface area contributed by atoms with Gasteiger partial charge in [0.2, 0.25) is 0 Å². The molecule has 2 nitrogen and oxygen atoms in total. The van der Waals surface area contributed by atoms with E-state index in [9.17, 15) is 0 Å². The third-order valence-corrected chi connectivity index (χ3v) is 23.0. The second-order valence-electron chi connectivity index (χ2n) is 27.7. The molecule has 2 heteroatoms. The van der Waals surface area contributed by atoms with Crippen LogP contribution in [-0.4, -0.2) is 8.80 Å². The van der Waals surface area contributed by atoms with Crippen molar-refractivity contribution in [3.8, 4) is 33.4 Å². The molecule has 0 fully saturated rings. The Hall–Kier alpha value is -11.6. The highest BCUT2D eigenvalue weighted by atomic mass is 14.9. The zero-order valence-electron chi connectivity index (χ0n) is 51.7. The second kappa shape index (κ2) is 18.3. The topological polar surface area (TPSA) is 8.82 Å². The third kappa shape index (κ3) is 6.64. The van der Waals surface area contributed by atoms with Gasteiger partial charge in [0.25, 0.3) is 0 Å². The zero-order chi connectivity index (χ0) is 61.3. The maximum atomic E-state index is 2.59. The molecule has 19 aromatic rings. The number of nitrogens with zero attached hydrogens (tertiary/aromatic N) is 2. The standard InChI is InChI=1S/C92H58N2/c1-91(80-32-16-15-30-71(80)88-68(31-18-34-82(88)91)65-46-78-73-41-56-20-9-12-23-59(56)50-85(73)93-86-51-60-24-13-10-21-57(60)42-74(86)79(47-65)90(78)93)53-54-35-36-61-43-75-77-45-64(44-76-72-40-55-19-8-11-22-58(55)49-84(72)94(89(76)77)87(75)52-63(61)39-54)62-37-38-70-69-29-14-17-33-81(69)92(83(70)48-62,66-25-4-2-5-26-66)67-27-6-3-7-28-67/h2-52,69,81H,53H2,1H3. The number of benzene rings is 15. The van der Waals surface area contributed by atoms with E-state index in [0.717, 1.165) is 6.42 Å². The van der Waals surface area contributed by atoms with Gasteiger partial charge in [0, 0.05) is 60.3 Å². The largest absolute Gasteiger partial charge is 0.308 e. The van der Waals surface area contributed by atoms with Crippen LogP contribution in [0.15, 0.2) is 309 Å². The summed E-state index contributed by atoms with van der Waals surface area (Å²) in [6, 6.07) is 110. The lowest BCUT2D eigenvalue weighted by Gasteiger charge is -2.39. The first-order valence-electron chi connectivity index (χ1n) is 33.4. The molecule has 94 heavy (non-hydrogen) atoms. The molecular weight excluding hydrogens is 1130 g/mol. The summed E-state index contributed by atoms with van der Waals surface area (Å²) in [5.41, 5.74) is 24.2. The molecular formula is C92H58N2. The van der Waals surface area contributed by atoms with Crippen molar-refractivity contribution in [1.82, 2.24) is 8.80 Å². The first kappa shape index (κ1) is 51.1. The summed E-state index contributed by atoms with van der Waals surface area (Å²) in [5.74, 6) is 0.498. The van der Waals surface area contributed by atoms with Gasteiger partial charge in [-0.15, -0.1) is 0 Å². The fourth-order valence-corrected chi connectivity index (χ4v) is 19.0. The van der Waals surface area contributed by atoms with E-state index in [0.29, 0.717) is 0 Å². The summed E-state index contributed by atoms with van der Waals surface area (Å²) in [4.78, 5) is 0. The Labute approximate surface area is 542 Å². The van der Waals surface area contributed by atoms with Crippen LogP contribution >= 0.6 is 0 Å². The number of aromatic nitrogens is 2. The van der Waals surface area contributed by atoms with E-state index in [-0.39, 0.29) is 22.7 Å². The molecule has 0 saturated carbocycles. The lowest BCUT2D eigenvalue weighted by atomic mass is 9.63. The van der Waals surface area contributed by atoms with Gasteiger partial charge in [-0.3, -0.25) is 0 Å². The minimum absolute atomic E-state index is 0.234.